The average molecular weight is 606 g/mol. The number of ether oxygens (including phenoxy) is 1. The standard InChI is InChI=1S/C25H27F13O2/c1-2-3-4-15-5-9-17(10-6-15)19(39)40-18-11-7-16(8-12-18)13-14-20(26,27)21(28,29)22(30,31)23(32,33)24(34,35)25(36,37)38/h7-8,11-12,15,17H,2-6,9-10,13-14H2,1H3/t15-,17-. The second-order valence-corrected chi connectivity index (χ2v) is 9.92. The normalized spacial score (nSPS) is 19.9. The highest BCUT2D eigenvalue weighted by molar-refractivity contribution is 5.75. The molecule has 0 aliphatic heterocycles. The fourth-order valence-electron chi connectivity index (χ4n) is 4.36. The van der Waals surface area contributed by atoms with Crippen LogP contribution in [-0.4, -0.2) is 41.8 Å². The molecule has 0 N–H and O–H groups in total. The first-order valence-electron chi connectivity index (χ1n) is 12.4. The van der Waals surface area contributed by atoms with Gasteiger partial charge in [0, 0.05) is 6.42 Å². The Morgan fingerprint density at radius 1 is 0.750 bits per heavy atom. The Bertz CT molecular complexity index is 979. The van der Waals surface area contributed by atoms with Crippen LogP contribution >= 0.6 is 0 Å². The highest BCUT2D eigenvalue weighted by Crippen LogP contribution is 2.60. The predicted molar refractivity (Wildman–Crippen MR) is 116 cm³/mol. The van der Waals surface area contributed by atoms with E-state index in [9.17, 15) is 61.9 Å². The van der Waals surface area contributed by atoms with Gasteiger partial charge in [-0.05, 0) is 55.7 Å². The molecule has 1 aliphatic rings. The molecule has 0 heterocycles. The molecule has 0 unspecified atom stereocenters. The first-order valence-corrected chi connectivity index (χ1v) is 12.4. The van der Waals surface area contributed by atoms with E-state index in [-0.39, 0.29) is 17.2 Å². The smallest absolute Gasteiger partial charge is 0.426 e. The Kier molecular flexibility index (Phi) is 10.1. The fourth-order valence-corrected chi connectivity index (χ4v) is 4.36. The van der Waals surface area contributed by atoms with Crippen molar-refractivity contribution in [2.45, 2.75) is 101 Å². The molecule has 2 rings (SSSR count). The van der Waals surface area contributed by atoms with Crippen LogP contribution in [0.4, 0.5) is 57.1 Å². The first-order chi connectivity index (χ1) is 18.1. The number of aryl methyl sites for hydroxylation is 1. The highest BCUT2D eigenvalue weighted by atomic mass is 19.4. The van der Waals surface area contributed by atoms with E-state index in [0.29, 0.717) is 18.8 Å². The molecule has 1 aliphatic carbocycles. The number of esters is 1. The molecule has 230 valence electrons. The van der Waals surface area contributed by atoms with Crippen LogP contribution in [0.2, 0.25) is 0 Å². The molecule has 2 nitrogen and oxygen atoms in total. The van der Waals surface area contributed by atoms with E-state index in [1.807, 2.05) is 0 Å². The number of unbranched alkanes of at least 4 members (excludes halogenated alkanes) is 1. The summed E-state index contributed by atoms with van der Waals surface area (Å²) < 4.78 is 177. The van der Waals surface area contributed by atoms with Crippen molar-refractivity contribution in [2.24, 2.45) is 11.8 Å². The predicted octanol–water partition coefficient (Wildman–Crippen LogP) is 9.26. The zero-order valence-corrected chi connectivity index (χ0v) is 21.1. The number of benzene rings is 1. The monoisotopic (exact) mass is 606 g/mol. The lowest BCUT2D eigenvalue weighted by atomic mass is 9.80. The summed E-state index contributed by atoms with van der Waals surface area (Å²) in [5.74, 6) is -37.4. The second kappa shape index (κ2) is 11.9. The fraction of sp³-hybridized carbons (Fsp3) is 0.720. The summed E-state index contributed by atoms with van der Waals surface area (Å²) in [5, 5.41) is 0. The van der Waals surface area contributed by atoms with Crippen LogP contribution in [0.3, 0.4) is 0 Å². The summed E-state index contributed by atoms with van der Waals surface area (Å²) in [6.45, 7) is 2.07. The van der Waals surface area contributed by atoms with E-state index in [1.54, 1.807) is 0 Å². The van der Waals surface area contributed by atoms with Gasteiger partial charge in [0.05, 0.1) is 5.92 Å². The number of hydrogen-bond acceptors (Lipinski definition) is 2. The van der Waals surface area contributed by atoms with E-state index >= 15 is 0 Å². The Balaban J connectivity index is 2.03. The van der Waals surface area contributed by atoms with Crippen molar-refractivity contribution >= 4 is 5.97 Å². The van der Waals surface area contributed by atoms with Crippen LogP contribution in [0.15, 0.2) is 24.3 Å². The quantitative estimate of drug-likeness (QED) is 0.135. The lowest BCUT2D eigenvalue weighted by Crippen LogP contribution is -2.70. The SMILES string of the molecule is CCCC[C@H]1CC[C@H](C(=O)Oc2ccc(CCC(F)(F)C(F)(F)C(F)(F)C(F)(F)C(F)(F)C(F)(F)F)cc2)CC1. The summed E-state index contributed by atoms with van der Waals surface area (Å²) in [7, 11) is 0. The third-order valence-electron chi connectivity index (χ3n) is 7.01. The molecule has 0 radical (unpaired) electrons. The number of alkyl halides is 13. The molecule has 0 saturated heterocycles. The maximum atomic E-state index is 14.0. The topological polar surface area (TPSA) is 26.3 Å². The number of hydrogen-bond donors (Lipinski definition) is 0. The van der Waals surface area contributed by atoms with Gasteiger partial charge in [-0.1, -0.05) is 38.3 Å². The van der Waals surface area contributed by atoms with Gasteiger partial charge >= 0.3 is 41.8 Å². The lowest BCUT2D eigenvalue weighted by molar-refractivity contribution is -0.440. The van der Waals surface area contributed by atoms with Crippen molar-refractivity contribution in [3.05, 3.63) is 29.8 Å². The Morgan fingerprint density at radius 3 is 1.73 bits per heavy atom. The van der Waals surface area contributed by atoms with Crippen LogP contribution in [0.1, 0.15) is 63.9 Å². The molecule has 40 heavy (non-hydrogen) atoms. The van der Waals surface area contributed by atoms with Gasteiger partial charge in [-0.2, -0.15) is 57.1 Å². The largest absolute Gasteiger partial charge is 0.460 e. The Morgan fingerprint density at radius 2 is 1.25 bits per heavy atom. The van der Waals surface area contributed by atoms with Gasteiger partial charge in [-0.3, -0.25) is 4.79 Å². The van der Waals surface area contributed by atoms with Crippen molar-refractivity contribution in [2.75, 3.05) is 0 Å². The first kappa shape index (κ1) is 34.0. The maximum Gasteiger partial charge on any atom is 0.460 e. The van der Waals surface area contributed by atoms with Crippen molar-refractivity contribution in [3.8, 4) is 5.75 Å². The Hall–Kier alpha value is -2.22. The molecule has 0 atom stereocenters. The van der Waals surface area contributed by atoms with E-state index < -0.39 is 54.6 Å². The van der Waals surface area contributed by atoms with Gasteiger partial charge in [-0.15, -0.1) is 0 Å². The van der Waals surface area contributed by atoms with Crippen LogP contribution in [0.25, 0.3) is 0 Å². The molecule has 0 spiro atoms. The van der Waals surface area contributed by atoms with Crippen molar-refractivity contribution < 1.29 is 66.6 Å². The Labute approximate surface area is 221 Å². The number of halogens is 13. The third kappa shape index (κ3) is 6.63. The maximum absolute atomic E-state index is 14.0. The van der Waals surface area contributed by atoms with Crippen molar-refractivity contribution in [1.29, 1.82) is 0 Å². The molecule has 1 saturated carbocycles. The molecule has 1 fully saturated rings. The van der Waals surface area contributed by atoms with Gasteiger partial charge < -0.3 is 4.74 Å². The molecular weight excluding hydrogens is 579 g/mol. The molecule has 0 bridgehead atoms. The van der Waals surface area contributed by atoms with Crippen LogP contribution in [0.5, 0.6) is 5.75 Å². The zero-order valence-electron chi connectivity index (χ0n) is 21.1. The molecule has 0 aromatic heterocycles. The van der Waals surface area contributed by atoms with Gasteiger partial charge in [0.15, 0.2) is 0 Å². The molecule has 1 aromatic carbocycles. The summed E-state index contributed by atoms with van der Waals surface area (Å²) in [4.78, 5) is 12.4. The van der Waals surface area contributed by atoms with Gasteiger partial charge in [0.2, 0.25) is 0 Å². The molecule has 15 heteroatoms. The van der Waals surface area contributed by atoms with Crippen molar-refractivity contribution in [1.82, 2.24) is 0 Å². The van der Waals surface area contributed by atoms with Gasteiger partial charge in [0.1, 0.15) is 5.75 Å². The summed E-state index contributed by atoms with van der Waals surface area (Å²) in [6.07, 6.45) is -4.86. The minimum atomic E-state index is -7.91. The molecule has 0 amide bonds. The van der Waals surface area contributed by atoms with Crippen molar-refractivity contribution in [3.63, 3.8) is 0 Å². The molecule has 1 aromatic rings. The summed E-state index contributed by atoms with van der Waals surface area (Å²) >= 11 is 0. The average Bonchev–Trinajstić information content (AvgIpc) is 2.86. The van der Waals surface area contributed by atoms with Crippen LogP contribution in [0, 0.1) is 11.8 Å². The van der Waals surface area contributed by atoms with Crippen LogP contribution in [-0.2, 0) is 11.2 Å². The van der Waals surface area contributed by atoms with Crippen LogP contribution < -0.4 is 4.74 Å². The lowest BCUT2D eigenvalue weighted by Gasteiger charge is -2.39. The highest BCUT2D eigenvalue weighted by Gasteiger charge is 2.90. The summed E-state index contributed by atoms with van der Waals surface area (Å²) in [6, 6.07) is 4.10. The zero-order chi connectivity index (χ0) is 30.8. The van der Waals surface area contributed by atoms with E-state index in [4.69, 9.17) is 4.74 Å². The third-order valence-corrected chi connectivity index (χ3v) is 7.01. The van der Waals surface area contributed by atoms with E-state index in [1.165, 1.54) is 0 Å². The van der Waals surface area contributed by atoms with E-state index in [0.717, 1.165) is 56.4 Å². The molecular formula is C25H27F13O2. The van der Waals surface area contributed by atoms with E-state index in [2.05, 4.69) is 6.92 Å². The minimum Gasteiger partial charge on any atom is -0.426 e. The van der Waals surface area contributed by atoms with Gasteiger partial charge in [0.25, 0.3) is 0 Å². The number of carbonyl (C=O) groups excluding carboxylic acids is 1. The number of carbonyl (C=O) groups is 1. The second-order valence-electron chi connectivity index (χ2n) is 9.92. The minimum absolute atomic E-state index is 0.0560. The number of rotatable bonds is 12. The van der Waals surface area contributed by atoms with Gasteiger partial charge in [-0.25, -0.2) is 0 Å². The summed E-state index contributed by atoms with van der Waals surface area (Å²) in [5.41, 5.74) is -0.262.